The molecule has 0 aliphatic rings. The van der Waals surface area contributed by atoms with Crippen molar-refractivity contribution < 1.29 is 13.9 Å². The molecule has 0 saturated heterocycles. The van der Waals surface area contributed by atoms with Crippen molar-refractivity contribution in [3.63, 3.8) is 0 Å². The van der Waals surface area contributed by atoms with E-state index in [2.05, 4.69) is 26.2 Å². The first kappa shape index (κ1) is 18.4. The lowest BCUT2D eigenvalue weighted by Gasteiger charge is -2.07. The van der Waals surface area contributed by atoms with Crippen LogP contribution in [0.25, 0.3) is 10.9 Å². The lowest BCUT2D eigenvalue weighted by atomic mass is 10.1. The van der Waals surface area contributed by atoms with Gasteiger partial charge in [-0.1, -0.05) is 30.3 Å². The summed E-state index contributed by atoms with van der Waals surface area (Å²) in [6.07, 6.45) is 2.69. The summed E-state index contributed by atoms with van der Waals surface area (Å²) in [7, 11) is 0. The van der Waals surface area contributed by atoms with E-state index >= 15 is 0 Å². The average Bonchev–Trinajstić information content (AvgIpc) is 3.33. The van der Waals surface area contributed by atoms with Gasteiger partial charge in [-0.2, -0.15) is 0 Å². The Morgan fingerprint density at radius 2 is 1.96 bits per heavy atom. The highest BCUT2D eigenvalue weighted by molar-refractivity contribution is 9.10. The van der Waals surface area contributed by atoms with E-state index < -0.39 is 0 Å². The van der Waals surface area contributed by atoms with E-state index in [1.807, 2.05) is 54.7 Å². The number of fused-ring (bicyclic) bond motifs is 1. The molecule has 0 radical (unpaired) electrons. The molecule has 0 saturated carbocycles. The van der Waals surface area contributed by atoms with Gasteiger partial charge in [0, 0.05) is 29.7 Å². The SMILES string of the molecule is O=C(NCCc1c[nH]c2cc(OCc3ccccc3)ccc12)c1ccc(Br)o1. The van der Waals surface area contributed by atoms with Gasteiger partial charge in [0.1, 0.15) is 12.4 Å². The monoisotopic (exact) mass is 438 g/mol. The van der Waals surface area contributed by atoms with Gasteiger partial charge in [-0.3, -0.25) is 4.79 Å². The highest BCUT2D eigenvalue weighted by Gasteiger charge is 2.11. The Bertz CT molecular complexity index is 1090. The second kappa shape index (κ2) is 8.35. The summed E-state index contributed by atoms with van der Waals surface area (Å²) >= 11 is 3.20. The fraction of sp³-hybridized carbons (Fsp3) is 0.136. The van der Waals surface area contributed by atoms with Gasteiger partial charge in [-0.15, -0.1) is 0 Å². The molecular formula is C22H19BrN2O3. The number of nitrogens with one attached hydrogen (secondary N) is 2. The highest BCUT2D eigenvalue weighted by Crippen LogP contribution is 2.24. The van der Waals surface area contributed by atoms with Crippen LogP contribution >= 0.6 is 15.9 Å². The molecule has 0 aliphatic heterocycles. The zero-order chi connectivity index (χ0) is 19.3. The number of hydrogen-bond acceptors (Lipinski definition) is 3. The van der Waals surface area contributed by atoms with Gasteiger partial charge in [-0.25, -0.2) is 0 Å². The molecule has 4 aromatic rings. The van der Waals surface area contributed by atoms with Crippen LogP contribution in [0.1, 0.15) is 21.7 Å². The third kappa shape index (κ3) is 4.28. The van der Waals surface area contributed by atoms with Crippen molar-refractivity contribution in [1.29, 1.82) is 0 Å². The van der Waals surface area contributed by atoms with Crippen LogP contribution in [-0.2, 0) is 13.0 Å². The molecule has 2 heterocycles. The number of benzene rings is 2. The van der Waals surface area contributed by atoms with E-state index in [1.165, 1.54) is 0 Å². The first-order chi connectivity index (χ1) is 13.7. The van der Waals surface area contributed by atoms with Gasteiger partial charge in [0.05, 0.1) is 0 Å². The lowest BCUT2D eigenvalue weighted by molar-refractivity contribution is 0.0925. The Balaban J connectivity index is 1.35. The third-order valence-electron chi connectivity index (χ3n) is 4.46. The minimum Gasteiger partial charge on any atom is -0.489 e. The Morgan fingerprint density at radius 1 is 1.11 bits per heavy atom. The third-order valence-corrected chi connectivity index (χ3v) is 4.89. The minimum atomic E-state index is -0.220. The molecule has 142 valence electrons. The summed E-state index contributed by atoms with van der Waals surface area (Å²) in [5, 5.41) is 4.00. The fourth-order valence-electron chi connectivity index (χ4n) is 3.04. The van der Waals surface area contributed by atoms with Crippen molar-refractivity contribution in [3.8, 4) is 5.75 Å². The van der Waals surface area contributed by atoms with Crippen LogP contribution in [0.2, 0.25) is 0 Å². The van der Waals surface area contributed by atoms with Crippen molar-refractivity contribution >= 4 is 32.7 Å². The number of hydrogen-bond donors (Lipinski definition) is 2. The van der Waals surface area contributed by atoms with Gasteiger partial charge in [0.2, 0.25) is 0 Å². The molecular weight excluding hydrogens is 420 g/mol. The molecule has 6 heteroatoms. The normalized spacial score (nSPS) is 10.9. The van der Waals surface area contributed by atoms with E-state index in [0.29, 0.717) is 23.6 Å². The molecule has 1 amide bonds. The Labute approximate surface area is 170 Å². The molecule has 2 aromatic carbocycles. The molecule has 4 rings (SSSR count). The van der Waals surface area contributed by atoms with Gasteiger partial charge < -0.3 is 19.5 Å². The summed E-state index contributed by atoms with van der Waals surface area (Å²) < 4.78 is 11.7. The quantitative estimate of drug-likeness (QED) is 0.422. The van der Waals surface area contributed by atoms with Crippen LogP contribution in [0.4, 0.5) is 0 Å². The van der Waals surface area contributed by atoms with Gasteiger partial charge in [0.15, 0.2) is 10.4 Å². The molecule has 2 aromatic heterocycles. The number of carbonyl (C=O) groups excluding carboxylic acids is 1. The first-order valence-corrected chi connectivity index (χ1v) is 9.78. The number of amides is 1. The Kier molecular flexibility index (Phi) is 5.48. The Hall–Kier alpha value is -2.99. The van der Waals surface area contributed by atoms with Crippen LogP contribution in [0, 0.1) is 0 Å². The summed E-state index contributed by atoms with van der Waals surface area (Å²) in [5.74, 6) is 0.898. The molecule has 2 N–H and O–H groups in total. The maximum atomic E-state index is 12.0. The number of halogens is 1. The Morgan fingerprint density at radius 3 is 2.75 bits per heavy atom. The van der Waals surface area contributed by atoms with Crippen molar-refractivity contribution in [3.05, 3.63) is 88.4 Å². The van der Waals surface area contributed by atoms with E-state index in [4.69, 9.17) is 9.15 Å². The summed E-state index contributed by atoms with van der Waals surface area (Å²) in [4.78, 5) is 15.3. The maximum absolute atomic E-state index is 12.0. The number of H-pyrrole nitrogens is 1. The average molecular weight is 439 g/mol. The molecule has 0 unspecified atom stereocenters. The standard InChI is InChI=1S/C22H19BrN2O3/c23-21-9-8-20(28-21)22(26)24-11-10-16-13-25-19-12-17(6-7-18(16)19)27-14-15-4-2-1-3-5-15/h1-9,12-13,25H,10-11,14H2,(H,24,26). The molecule has 28 heavy (non-hydrogen) atoms. The van der Waals surface area contributed by atoms with Gasteiger partial charge >= 0.3 is 0 Å². The second-order valence-electron chi connectivity index (χ2n) is 6.41. The van der Waals surface area contributed by atoms with Crippen LogP contribution in [0.15, 0.2) is 75.9 Å². The van der Waals surface area contributed by atoms with Gasteiger partial charge in [0.25, 0.3) is 5.91 Å². The number of aromatic amines is 1. The summed E-state index contributed by atoms with van der Waals surface area (Å²) in [5.41, 5.74) is 3.29. The predicted molar refractivity (Wildman–Crippen MR) is 112 cm³/mol. The predicted octanol–water partition coefficient (Wildman–Crippen LogP) is 5.07. The van der Waals surface area contributed by atoms with Crippen LogP contribution in [0.3, 0.4) is 0 Å². The van der Waals surface area contributed by atoms with E-state index in [9.17, 15) is 4.79 Å². The topological polar surface area (TPSA) is 67.3 Å². The number of furan rings is 1. The van der Waals surface area contributed by atoms with Crippen molar-refractivity contribution in [1.82, 2.24) is 10.3 Å². The number of rotatable bonds is 7. The molecule has 0 spiro atoms. The van der Waals surface area contributed by atoms with Crippen LogP contribution in [0.5, 0.6) is 5.75 Å². The van der Waals surface area contributed by atoms with Crippen molar-refractivity contribution in [2.45, 2.75) is 13.0 Å². The second-order valence-corrected chi connectivity index (χ2v) is 7.19. The van der Waals surface area contributed by atoms with Crippen LogP contribution < -0.4 is 10.1 Å². The highest BCUT2D eigenvalue weighted by atomic mass is 79.9. The smallest absolute Gasteiger partial charge is 0.287 e. The fourth-order valence-corrected chi connectivity index (χ4v) is 3.34. The molecule has 0 aliphatic carbocycles. The number of carbonyl (C=O) groups is 1. The first-order valence-electron chi connectivity index (χ1n) is 8.99. The van der Waals surface area contributed by atoms with E-state index in [-0.39, 0.29) is 5.91 Å². The lowest BCUT2D eigenvalue weighted by Crippen LogP contribution is -2.25. The zero-order valence-corrected chi connectivity index (χ0v) is 16.7. The number of ether oxygens (including phenoxy) is 1. The van der Waals surface area contributed by atoms with Crippen molar-refractivity contribution in [2.75, 3.05) is 6.54 Å². The molecule has 0 atom stereocenters. The maximum Gasteiger partial charge on any atom is 0.287 e. The largest absolute Gasteiger partial charge is 0.489 e. The summed E-state index contributed by atoms with van der Waals surface area (Å²) in [6, 6.07) is 19.4. The molecule has 5 nitrogen and oxygen atoms in total. The zero-order valence-electron chi connectivity index (χ0n) is 15.1. The minimum absolute atomic E-state index is 0.220. The van der Waals surface area contributed by atoms with E-state index in [1.54, 1.807) is 12.1 Å². The van der Waals surface area contributed by atoms with Gasteiger partial charge in [-0.05, 0) is 57.7 Å². The number of aromatic nitrogens is 1. The van der Waals surface area contributed by atoms with Crippen molar-refractivity contribution in [2.24, 2.45) is 0 Å². The summed E-state index contributed by atoms with van der Waals surface area (Å²) in [6.45, 7) is 1.06. The van der Waals surface area contributed by atoms with Crippen LogP contribution in [-0.4, -0.2) is 17.4 Å². The van der Waals surface area contributed by atoms with E-state index in [0.717, 1.165) is 34.2 Å². The molecule has 0 bridgehead atoms. The molecule has 0 fully saturated rings.